The van der Waals surface area contributed by atoms with Crippen molar-refractivity contribution in [3.8, 4) is 0 Å². The van der Waals surface area contributed by atoms with Gasteiger partial charge in [-0.2, -0.15) is 0 Å². The Morgan fingerprint density at radius 3 is 2.83 bits per heavy atom. The van der Waals surface area contributed by atoms with Crippen molar-refractivity contribution in [3.05, 3.63) is 29.8 Å². The van der Waals surface area contributed by atoms with Crippen LogP contribution < -0.4 is 10.2 Å². The van der Waals surface area contributed by atoms with Crippen LogP contribution >= 0.6 is 0 Å². The topological polar surface area (TPSA) is 69.7 Å². The molecule has 0 bridgehead atoms. The molecule has 6 heteroatoms. The lowest BCUT2D eigenvalue weighted by Gasteiger charge is -2.35. The lowest BCUT2D eigenvalue weighted by molar-refractivity contribution is -0.135. The lowest BCUT2D eigenvalue weighted by atomic mass is 9.97. The van der Waals surface area contributed by atoms with Crippen LogP contribution in [-0.4, -0.2) is 49.3 Å². The van der Waals surface area contributed by atoms with Crippen LogP contribution in [0.5, 0.6) is 0 Å². The van der Waals surface area contributed by atoms with Gasteiger partial charge in [-0.1, -0.05) is 18.2 Å². The van der Waals surface area contributed by atoms with E-state index in [1.807, 2.05) is 24.3 Å². The molecule has 1 saturated heterocycles. The Morgan fingerprint density at radius 2 is 2.04 bits per heavy atom. The fraction of sp³-hybridized carbons (Fsp3) is 0.500. The van der Waals surface area contributed by atoms with Crippen molar-refractivity contribution in [2.45, 2.75) is 25.7 Å². The number of nitrogens with zero attached hydrogens (tertiary/aromatic N) is 2. The first-order valence-corrected chi connectivity index (χ1v) is 8.48. The summed E-state index contributed by atoms with van der Waals surface area (Å²) in [5, 5.41) is 2.65. The largest absolute Gasteiger partial charge is 0.359 e. The van der Waals surface area contributed by atoms with Gasteiger partial charge < -0.3 is 15.1 Å². The van der Waals surface area contributed by atoms with Gasteiger partial charge in [-0.25, -0.2) is 0 Å². The SMILES string of the molecule is CNC(=O)C1CCCN(C(=O)CN2C(=O)CCc3ccccc32)C1. The van der Waals surface area contributed by atoms with Gasteiger partial charge in [0.25, 0.3) is 0 Å². The molecule has 1 aromatic carbocycles. The first-order valence-electron chi connectivity index (χ1n) is 8.48. The van der Waals surface area contributed by atoms with Gasteiger partial charge >= 0.3 is 0 Å². The quantitative estimate of drug-likeness (QED) is 0.898. The summed E-state index contributed by atoms with van der Waals surface area (Å²) >= 11 is 0. The Hall–Kier alpha value is -2.37. The lowest BCUT2D eigenvalue weighted by Crippen LogP contribution is -2.49. The van der Waals surface area contributed by atoms with Crippen LogP contribution in [-0.2, 0) is 20.8 Å². The van der Waals surface area contributed by atoms with Gasteiger partial charge in [-0.05, 0) is 30.9 Å². The first kappa shape index (κ1) is 16.5. The minimum Gasteiger partial charge on any atom is -0.359 e. The zero-order chi connectivity index (χ0) is 17.1. The normalized spacial score (nSPS) is 20.5. The maximum absolute atomic E-state index is 12.7. The molecule has 3 rings (SSSR count). The van der Waals surface area contributed by atoms with Crippen LogP contribution in [0.15, 0.2) is 24.3 Å². The number of piperidine rings is 1. The number of likely N-dealkylation sites (tertiary alicyclic amines) is 1. The monoisotopic (exact) mass is 329 g/mol. The number of carbonyl (C=O) groups is 3. The van der Waals surface area contributed by atoms with Crippen molar-refractivity contribution < 1.29 is 14.4 Å². The number of carbonyl (C=O) groups excluding carboxylic acids is 3. The van der Waals surface area contributed by atoms with Crippen molar-refractivity contribution in [3.63, 3.8) is 0 Å². The summed E-state index contributed by atoms with van der Waals surface area (Å²) in [6, 6.07) is 7.73. The van der Waals surface area contributed by atoms with E-state index < -0.39 is 0 Å². The molecule has 2 aliphatic heterocycles. The molecule has 1 fully saturated rings. The highest BCUT2D eigenvalue weighted by Crippen LogP contribution is 2.27. The van der Waals surface area contributed by atoms with Gasteiger partial charge in [-0.15, -0.1) is 0 Å². The predicted octanol–water partition coefficient (Wildman–Crippen LogP) is 0.950. The second-order valence-corrected chi connectivity index (χ2v) is 6.40. The number of aryl methyl sites for hydroxylation is 1. The maximum Gasteiger partial charge on any atom is 0.242 e. The van der Waals surface area contributed by atoms with Crippen molar-refractivity contribution in [2.75, 3.05) is 31.6 Å². The smallest absolute Gasteiger partial charge is 0.242 e. The molecule has 6 nitrogen and oxygen atoms in total. The standard InChI is InChI=1S/C18H23N3O3/c1-19-18(24)14-6-4-10-20(11-14)17(23)12-21-15-7-3-2-5-13(15)8-9-16(21)22/h2-3,5,7,14H,4,6,8-12H2,1H3,(H,19,24). The van der Waals surface area contributed by atoms with Crippen molar-refractivity contribution in [2.24, 2.45) is 5.92 Å². The average Bonchev–Trinajstić information content (AvgIpc) is 2.63. The molecule has 0 aliphatic carbocycles. The molecule has 1 unspecified atom stereocenters. The van der Waals surface area contributed by atoms with E-state index in [2.05, 4.69) is 5.32 Å². The summed E-state index contributed by atoms with van der Waals surface area (Å²) in [5.74, 6) is -0.278. The van der Waals surface area contributed by atoms with Gasteiger partial charge in [0.05, 0.1) is 5.92 Å². The molecular weight excluding hydrogens is 306 g/mol. The van der Waals surface area contributed by atoms with Crippen LogP contribution in [0.25, 0.3) is 0 Å². The number of nitrogens with one attached hydrogen (secondary N) is 1. The van der Waals surface area contributed by atoms with Gasteiger partial charge in [-0.3, -0.25) is 14.4 Å². The zero-order valence-corrected chi connectivity index (χ0v) is 14.0. The molecule has 1 aromatic rings. The second-order valence-electron chi connectivity index (χ2n) is 6.40. The van der Waals surface area contributed by atoms with Crippen LogP contribution in [0.2, 0.25) is 0 Å². The van der Waals surface area contributed by atoms with Crippen LogP contribution in [0, 0.1) is 5.92 Å². The molecule has 0 spiro atoms. The number of hydrogen-bond acceptors (Lipinski definition) is 3. The highest BCUT2D eigenvalue weighted by atomic mass is 16.2. The molecule has 0 saturated carbocycles. The van der Waals surface area contributed by atoms with Crippen LogP contribution in [0.3, 0.4) is 0 Å². The van der Waals surface area contributed by atoms with Gasteiger partial charge in [0.2, 0.25) is 17.7 Å². The van der Waals surface area contributed by atoms with Crippen LogP contribution in [0.4, 0.5) is 5.69 Å². The van der Waals surface area contributed by atoms with E-state index in [1.165, 1.54) is 0 Å². The molecular formula is C18H23N3O3. The van der Waals surface area contributed by atoms with Crippen molar-refractivity contribution in [1.29, 1.82) is 0 Å². The van der Waals surface area contributed by atoms with Crippen LogP contribution in [0.1, 0.15) is 24.8 Å². The van der Waals surface area contributed by atoms with Crippen molar-refractivity contribution >= 4 is 23.4 Å². The summed E-state index contributed by atoms with van der Waals surface area (Å²) in [7, 11) is 1.62. The molecule has 3 amide bonds. The van der Waals surface area contributed by atoms with Crippen molar-refractivity contribution in [1.82, 2.24) is 10.2 Å². The van der Waals surface area contributed by atoms with E-state index in [4.69, 9.17) is 0 Å². The summed E-state index contributed by atoms with van der Waals surface area (Å²) < 4.78 is 0. The highest BCUT2D eigenvalue weighted by Gasteiger charge is 2.31. The number of benzene rings is 1. The Morgan fingerprint density at radius 1 is 1.25 bits per heavy atom. The van der Waals surface area contributed by atoms with E-state index in [9.17, 15) is 14.4 Å². The molecule has 128 valence electrons. The molecule has 1 N–H and O–H groups in total. The molecule has 24 heavy (non-hydrogen) atoms. The maximum atomic E-state index is 12.7. The number of hydrogen-bond donors (Lipinski definition) is 1. The summed E-state index contributed by atoms with van der Waals surface area (Å²) in [5.41, 5.74) is 1.94. The van der Waals surface area contributed by atoms with E-state index in [1.54, 1.807) is 16.8 Å². The predicted molar refractivity (Wildman–Crippen MR) is 90.5 cm³/mol. The van der Waals surface area contributed by atoms with Gasteiger partial charge in [0.15, 0.2) is 0 Å². The first-order chi connectivity index (χ1) is 11.6. The minimum absolute atomic E-state index is 0.0121. The van der Waals surface area contributed by atoms with Gasteiger partial charge in [0.1, 0.15) is 6.54 Å². The third-order valence-electron chi connectivity index (χ3n) is 4.88. The number of fused-ring (bicyclic) bond motifs is 1. The molecule has 2 aliphatic rings. The summed E-state index contributed by atoms with van der Waals surface area (Å²) in [4.78, 5) is 40.1. The fourth-order valence-electron chi connectivity index (χ4n) is 3.53. The number of rotatable bonds is 3. The minimum atomic E-state index is -0.156. The van der Waals surface area contributed by atoms with Gasteiger partial charge in [0, 0.05) is 32.2 Å². The molecule has 2 heterocycles. The Kier molecular flexibility index (Phi) is 4.83. The third-order valence-corrected chi connectivity index (χ3v) is 4.88. The zero-order valence-electron chi connectivity index (χ0n) is 14.0. The molecule has 1 atom stereocenters. The summed E-state index contributed by atoms with van der Waals surface area (Å²) in [6.45, 7) is 1.13. The van der Waals surface area contributed by atoms with E-state index in [0.717, 1.165) is 30.5 Å². The Labute approximate surface area is 141 Å². The fourth-order valence-corrected chi connectivity index (χ4v) is 3.53. The second kappa shape index (κ2) is 7.03. The Balaban J connectivity index is 1.70. The number of amides is 3. The van der Waals surface area contributed by atoms with E-state index in [-0.39, 0.29) is 30.2 Å². The number of anilines is 1. The number of para-hydroxylation sites is 1. The Bertz CT molecular complexity index is 659. The average molecular weight is 329 g/mol. The molecule has 0 aromatic heterocycles. The molecule has 0 radical (unpaired) electrons. The highest BCUT2D eigenvalue weighted by molar-refractivity contribution is 6.01. The summed E-state index contributed by atoms with van der Waals surface area (Å²) in [6.07, 6.45) is 2.77. The third kappa shape index (κ3) is 3.27. The van der Waals surface area contributed by atoms with E-state index in [0.29, 0.717) is 19.5 Å². The van der Waals surface area contributed by atoms with E-state index >= 15 is 0 Å².